The van der Waals surface area contributed by atoms with Gasteiger partial charge in [-0.3, -0.25) is 0 Å². The van der Waals surface area contributed by atoms with Gasteiger partial charge in [0.05, 0.1) is 0 Å². The Morgan fingerprint density at radius 2 is 2.24 bits per heavy atom. The van der Waals surface area contributed by atoms with E-state index in [0.29, 0.717) is 0 Å². The predicted octanol–water partition coefficient (Wildman–Crippen LogP) is 2.96. The lowest BCUT2D eigenvalue weighted by Gasteiger charge is -2.34. The summed E-state index contributed by atoms with van der Waals surface area (Å²) in [6.07, 6.45) is 2.40. The number of rotatable bonds is 2. The van der Waals surface area contributed by atoms with Crippen molar-refractivity contribution in [3.05, 3.63) is 29.8 Å². The molecule has 2 nitrogen and oxygen atoms in total. The summed E-state index contributed by atoms with van der Waals surface area (Å²) in [5.41, 5.74) is 2.96. The first-order valence-electron chi connectivity index (χ1n) is 6.70. The molecule has 1 aromatic carbocycles. The van der Waals surface area contributed by atoms with E-state index in [2.05, 4.69) is 55.3 Å². The molecule has 0 amide bonds. The van der Waals surface area contributed by atoms with E-state index in [1.807, 2.05) is 0 Å². The normalized spacial score (nSPS) is 25.7. The highest BCUT2D eigenvalue weighted by Gasteiger charge is 2.27. The van der Waals surface area contributed by atoms with Crippen LogP contribution in [0.25, 0.3) is 0 Å². The van der Waals surface area contributed by atoms with E-state index in [1.54, 1.807) is 0 Å². The third-order valence-electron chi connectivity index (χ3n) is 3.84. The quantitative estimate of drug-likeness (QED) is 0.843. The minimum atomic E-state index is 0.250. The largest absolute Gasteiger partial charge is 0.370 e. The van der Waals surface area contributed by atoms with Crippen LogP contribution in [0, 0.1) is 6.92 Å². The van der Waals surface area contributed by atoms with Crippen molar-refractivity contribution in [2.45, 2.75) is 39.2 Å². The number of anilines is 1. The van der Waals surface area contributed by atoms with Crippen LogP contribution in [-0.2, 0) is 0 Å². The van der Waals surface area contributed by atoms with E-state index in [4.69, 9.17) is 0 Å². The van der Waals surface area contributed by atoms with E-state index in [0.717, 1.165) is 19.6 Å². The summed E-state index contributed by atoms with van der Waals surface area (Å²) >= 11 is 0. The molecule has 0 spiro atoms. The van der Waals surface area contributed by atoms with Gasteiger partial charge in [0.2, 0.25) is 0 Å². The van der Waals surface area contributed by atoms with E-state index in [9.17, 15) is 0 Å². The molecular weight excluding hydrogens is 208 g/mol. The fraction of sp³-hybridized carbons (Fsp3) is 0.600. The van der Waals surface area contributed by atoms with Crippen molar-refractivity contribution in [1.29, 1.82) is 0 Å². The van der Waals surface area contributed by atoms with Crippen LogP contribution in [0.3, 0.4) is 0 Å². The molecule has 2 heteroatoms. The Morgan fingerprint density at radius 1 is 1.41 bits per heavy atom. The van der Waals surface area contributed by atoms with Crippen molar-refractivity contribution in [2.75, 3.05) is 24.5 Å². The molecule has 94 valence electrons. The van der Waals surface area contributed by atoms with Crippen molar-refractivity contribution in [3.63, 3.8) is 0 Å². The molecule has 1 N–H and O–H groups in total. The molecule has 1 saturated heterocycles. The highest BCUT2D eigenvalue weighted by molar-refractivity contribution is 5.49. The number of aryl methyl sites for hydroxylation is 1. The average molecular weight is 232 g/mol. The van der Waals surface area contributed by atoms with Crippen LogP contribution in [0.5, 0.6) is 0 Å². The molecule has 1 fully saturated rings. The summed E-state index contributed by atoms with van der Waals surface area (Å²) in [7, 11) is 0. The Morgan fingerprint density at radius 3 is 2.94 bits per heavy atom. The van der Waals surface area contributed by atoms with Crippen molar-refractivity contribution < 1.29 is 0 Å². The first kappa shape index (κ1) is 12.4. The van der Waals surface area contributed by atoms with E-state index in [1.165, 1.54) is 24.1 Å². The molecule has 0 aromatic heterocycles. The lowest BCUT2D eigenvalue weighted by atomic mass is 9.98. The fourth-order valence-corrected chi connectivity index (χ4v) is 2.50. The van der Waals surface area contributed by atoms with Gasteiger partial charge >= 0.3 is 0 Å². The van der Waals surface area contributed by atoms with E-state index >= 15 is 0 Å². The van der Waals surface area contributed by atoms with E-state index in [-0.39, 0.29) is 5.54 Å². The van der Waals surface area contributed by atoms with Gasteiger partial charge in [-0.25, -0.2) is 0 Å². The van der Waals surface area contributed by atoms with Gasteiger partial charge in [-0.05, 0) is 50.9 Å². The maximum absolute atomic E-state index is 3.68. The molecule has 1 unspecified atom stereocenters. The molecule has 2 rings (SSSR count). The number of hydrogen-bond acceptors (Lipinski definition) is 2. The fourth-order valence-electron chi connectivity index (χ4n) is 2.50. The van der Waals surface area contributed by atoms with Gasteiger partial charge in [0.15, 0.2) is 0 Å². The molecule has 0 saturated carbocycles. The van der Waals surface area contributed by atoms with Gasteiger partial charge in [0.25, 0.3) is 0 Å². The molecule has 1 aromatic rings. The van der Waals surface area contributed by atoms with Crippen molar-refractivity contribution in [3.8, 4) is 0 Å². The highest BCUT2D eigenvalue weighted by atomic mass is 15.2. The second-order valence-electron chi connectivity index (χ2n) is 5.46. The maximum Gasteiger partial charge on any atom is 0.0369 e. The molecule has 1 heterocycles. The second kappa shape index (κ2) is 5.09. The SMILES string of the molecule is CCC1(C)CN(c2cccc(C)c2)CCCN1. The minimum absolute atomic E-state index is 0.250. The zero-order valence-electron chi connectivity index (χ0n) is 11.3. The standard InChI is InChI=1S/C15H24N2/c1-4-15(3)12-17(10-6-9-16-15)14-8-5-7-13(2)11-14/h5,7-8,11,16H,4,6,9-10,12H2,1-3H3. The second-order valence-corrected chi connectivity index (χ2v) is 5.46. The average Bonchev–Trinajstić information content (AvgIpc) is 2.52. The van der Waals surface area contributed by atoms with Crippen molar-refractivity contribution in [1.82, 2.24) is 5.32 Å². The third kappa shape index (κ3) is 3.01. The summed E-state index contributed by atoms with van der Waals surface area (Å²) in [6.45, 7) is 10.2. The zero-order chi connectivity index (χ0) is 12.3. The molecular formula is C15H24N2. The Balaban J connectivity index is 2.19. The number of hydrogen-bond donors (Lipinski definition) is 1. The van der Waals surface area contributed by atoms with Crippen LogP contribution < -0.4 is 10.2 Å². The summed E-state index contributed by atoms with van der Waals surface area (Å²) in [5, 5.41) is 3.68. The Bertz CT molecular complexity index is 375. The van der Waals surface area contributed by atoms with Crippen LogP contribution in [0.2, 0.25) is 0 Å². The molecule has 17 heavy (non-hydrogen) atoms. The van der Waals surface area contributed by atoms with Gasteiger partial charge < -0.3 is 10.2 Å². The van der Waals surface area contributed by atoms with Gasteiger partial charge in [-0.2, -0.15) is 0 Å². The molecule has 0 aliphatic carbocycles. The molecule has 0 bridgehead atoms. The molecule has 1 aliphatic rings. The van der Waals surface area contributed by atoms with Crippen LogP contribution in [0.15, 0.2) is 24.3 Å². The van der Waals surface area contributed by atoms with Crippen LogP contribution in [-0.4, -0.2) is 25.2 Å². The van der Waals surface area contributed by atoms with Crippen LogP contribution >= 0.6 is 0 Å². The van der Waals surface area contributed by atoms with Crippen LogP contribution in [0.4, 0.5) is 5.69 Å². The summed E-state index contributed by atoms with van der Waals surface area (Å²) in [4.78, 5) is 2.52. The van der Waals surface area contributed by atoms with Crippen molar-refractivity contribution >= 4 is 5.69 Å². The Hall–Kier alpha value is -1.02. The molecule has 1 atom stereocenters. The summed E-state index contributed by atoms with van der Waals surface area (Å²) < 4.78 is 0. The lowest BCUT2D eigenvalue weighted by molar-refractivity contribution is 0.366. The number of nitrogens with one attached hydrogen (secondary N) is 1. The zero-order valence-corrected chi connectivity index (χ0v) is 11.3. The lowest BCUT2D eigenvalue weighted by Crippen LogP contribution is -2.48. The molecule has 1 aliphatic heterocycles. The molecule has 0 radical (unpaired) electrons. The third-order valence-corrected chi connectivity index (χ3v) is 3.84. The Kier molecular flexibility index (Phi) is 3.72. The highest BCUT2D eigenvalue weighted by Crippen LogP contribution is 2.22. The topological polar surface area (TPSA) is 15.3 Å². The smallest absolute Gasteiger partial charge is 0.0369 e. The maximum atomic E-state index is 3.68. The first-order chi connectivity index (χ1) is 8.13. The summed E-state index contributed by atoms with van der Waals surface area (Å²) in [6, 6.07) is 8.85. The van der Waals surface area contributed by atoms with Gasteiger partial charge in [0, 0.05) is 24.3 Å². The first-order valence-corrected chi connectivity index (χ1v) is 6.70. The minimum Gasteiger partial charge on any atom is -0.370 e. The number of benzene rings is 1. The predicted molar refractivity (Wildman–Crippen MR) is 74.7 cm³/mol. The Labute approximate surface area is 105 Å². The van der Waals surface area contributed by atoms with Crippen LogP contribution in [0.1, 0.15) is 32.3 Å². The monoisotopic (exact) mass is 232 g/mol. The van der Waals surface area contributed by atoms with Gasteiger partial charge in [-0.1, -0.05) is 19.1 Å². The van der Waals surface area contributed by atoms with E-state index < -0.39 is 0 Å². The number of nitrogens with zero attached hydrogens (tertiary/aromatic N) is 1. The summed E-state index contributed by atoms with van der Waals surface area (Å²) in [5.74, 6) is 0. The van der Waals surface area contributed by atoms with Gasteiger partial charge in [-0.15, -0.1) is 0 Å². The van der Waals surface area contributed by atoms with Crippen molar-refractivity contribution in [2.24, 2.45) is 0 Å². The van der Waals surface area contributed by atoms with Gasteiger partial charge in [0.1, 0.15) is 0 Å².